The molecule has 5 heteroatoms. The van der Waals surface area contributed by atoms with Crippen LogP contribution in [0.3, 0.4) is 0 Å². The van der Waals surface area contributed by atoms with Crippen LogP contribution in [-0.2, 0) is 9.84 Å². The van der Waals surface area contributed by atoms with Gasteiger partial charge in [-0.05, 0) is 38.4 Å². The van der Waals surface area contributed by atoms with Crippen LogP contribution in [0.1, 0.15) is 18.4 Å². The molecule has 1 aromatic rings. The second-order valence-corrected chi connectivity index (χ2v) is 7.70. The van der Waals surface area contributed by atoms with E-state index in [2.05, 4.69) is 4.90 Å². The molecule has 2 saturated heterocycles. The van der Waals surface area contributed by atoms with Crippen molar-refractivity contribution in [3.63, 3.8) is 0 Å². The third-order valence-electron chi connectivity index (χ3n) is 4.30. The summed E-state index contributed by atoms with van der Waals surface area (Å²) in [6.45, 7) is 3.32. The first-order valence-electron chi connectivity index (χ1n) is 6.73. The van der Waals surface area contributed by atoms with Crippen molar-refractivity contribution >= 4 is 9.84 Å². The molecule has 0 radical (unpaired) electrons. The summed E-state index contributed by atoms with van der Waals surface area (Å²) in [5.41, 5.74) is 1.04. The number of aryl methyl sites for hydroxylation is 1. The fourth-order valence-electron chi connectivity index (χ4n) is 3.35. The second kappa shape index (κ2) is 4.58. The molecule has 0 aliphatic carbocycles. The molecule has 2 aliphatic heterocycles. The molecule has 1 N–H and O–H groups in total. The van der Waals surface area contributed by atoms with Crippen LogP contribution in [0.2, 0.25) is 0 Å². The predicted octanol–water partition coefficient (Wildman–Crippen LogP) is 0.976. The third kappa shape index (κ3) is 2.10. The molecule has 1 unspecified atom stereocenters. The normalized spacial score (nSPS) is 31.6. The van der Waals surface area contributed by atoms with Gasteiger partial charge in [0.1, 0.15) is 5.25 Å². The lowest BCUT2D eigenvalue weighted by Gasteiger charge is -2.21. The van der Waals surface area contributed by atoms with E-state index in [4.69, 9.17) is 0 Å². The van der Waals surface area contributed by atoms with Crippen molar-refractivity contribution in [3.8, 4) is 0 Å². The van der Waals surface area contributed by atoms with Gasteiger partial charge in [0.2, 0.25) is 0 Å². The number of sulfone groups is 1. The zero-order chi connectivity index (χ0) is 13.6. The van der Waals surface area contributed by atoms with Gasteiger partial charge in [-0.2, -0.15) is 0 Å². The van der Waals surface area contributed by atoms with Gasteiger partial charge in [0.25, 0.3) is 0 Å². The quantitative estimate of drug-likeness (QED) is 0.878. The summed E-state index contributed by atoms with van der Waals surface area (Å²) in [4.78, 5) is 2.44. The van der Waals surface area contributed by atoms with Gasteiger partial charge in [-0.15, -0.1) is 0 Å². The van der Waals surface area contributed by atoms with Crippen LogP contribution in [0.4, 0.5) is 0 Å². The topological polar surface area (TPSA) is 57.6 Å². The smallest absolute Gasteiger partial charge is 0.185 e. The first-order valence-corrected chi connectivity index (χ1v) is 8.27. The molecule has 3 atom stereocenters. The van der Waals surface area contributed by atoms with Crippen molar-refractivity contribution in [3.05, 3.63) is 29.8 Å². The molecular weight excluding hydrogens is 262 g/mol. The zero-order valence-corrected chi connectivity index (χ0v) is 11.8. The Labute approximate surface area is 114 Å². The van der Waals surface area contributed by atoms with Gasteiger partial charge >= 0.3 is 0 Å². The van der Waals surface area contributed by atoms with E-state index in [0.717, 1.165) is 24.9 Å². The number of nitrogens with zero attached hydrogens (tertiary/aromatic N) is 1. The molecule has 0 amide bonds. The molecule has 4 nitrogen and oxygen atoms in total. The number of aliphatic hydroxyl groups is 1. The van der Waals surface area contributed by atoms with Crippen LogP contribution in [0.15, 0.2) is 29.2 Å². The summed E-state index contributed by atoms with van der Waals surface area (Å²) in [5, 5.41) is 9.46. The largest absolute Gasteiger partial charge is 0.390 e. The molecule has 0 saturated carbocycles. The Morgan fingerprint density at radius 2 is 1.95 bits per heavy atom. The van der Waals surface area contributed by atoms with E-state index in [0.29, 0.717) is 11.4 Å². The Morgan fingerprint density at radius 1 is 1.26 bits per heavy atom. The Morgan fingerprint density at radius 3 is 2.63 bits per heavy atom. The zero-order valence-electron chi connectivity index (χ0n) is 11.0. The van der Waals surface area contributed by atoms with E-state index in [-0.39, 0.29) is 6.04 Å². The van der Waals surface area contributed by atoms with Crippen LogP contribution in [0.5, 0.6) is 0 Å². The molecule has 0 aromatic heterocycles. The highest BCUT2D eigenvalue weighted by Crippen LogP contribution is 2.35. The van der Waals surface area contributed by atoms with Gasteiger partial charge < -0.3 is 5.11 Å². The molecule has 2 fully saturated rings. The van der Waals surface area contributed by atoms with E-state index in [9.17, 15) is 13.5 Å². The highest BCUT2D eigenvalue weighted by molar-refractivity contribution is 7.92. The molecule has 0 bridgehead atoms. The SMILES string of the molecule is Cc1ccc(S(=O)(=O)[C@H]2C3CCCN3C[C@@H]2O)cc1. The van der Waals surface area contributed by atoms with Crippen molar-refractivity contribution in [2.45, 2.75) is 42.1 Å². The van der Waals surface area contributed by atoms with Crippen molar-refractivity contribution in [2.24, 2.45) is 0 Å². The first-order chi connectivity index (χ1) is 9.00. The number of benzene rings is 1. The first kappa shape index (κ1) is 13.1. The van der Waals surface area contributed by atoms with E-state index >= 15 is 0 Å². The maximum atomic E-state index is 12.7. The van der Waals surface area contributed by atoms with E-state index in [1.807, 2.05) is 6.92 Å². The molecule has 0 spiro atoms. The van der Waals surface area contributed by atoms with Crippen molar-refractivity contribution in [2.75, 3.05) is 13.1 Å². The number of fused-ring (bicyclic) bond motifs is 1. The average Bonchev–Trinajstić information content (AvgIpc) is 2.88. The van der Waals surface area contributed by atoms with E-state index in [1.54, 1.807) is 24.3 Å². The molecule has 1 aromatic carbocycles. The molecule has 3 rings (SSSR count). The summed E-state index contributed by atoms with van der Waals surface area (Å²) >= 11 is 0. The van der Waals surface area contributed by atoms with Crippen LogP contribution in [0.25, 0.3) is 0 Å². The van der Waals surface area contributed by atoms with E-state index < -0.39 is 21.2 Å². The molecule has 19 heavy (non-hydrogen) atoms. The fourth-order valence-corrected chi connectivity index (χ4v) is 5.40. The Kier molecular flexibility index (Phi) is 3.15. The minimum Gasteiger partial charge on any atom is -0.390 e. The van der Waals surface area contributed by atoms with Crippen LogP contribution < -0.4 is 0 Å². The maximum absolute atomic E-state index is 12.7. The lowest BCUT2D eigenvalue weighted by Crippen LogP contribution is -2.38. The standard InChI is InChI=1S/C14H19NO3S/c1-10-4-6-11(7-5-10)19(17,18)14-12-3-2-8-15(12)9-13(14)16/h4-7,12-14,16H,2-3,8-9H2,1H3/t12?,13-,14-/m0/s1. The minimum absolute atomic E-state index is 0.0127. The van der Waals surface area contributed by atoms with Crippen LogP contribution in [-0.4, -0.2) is 48.9 Å². The molecule has 2 aliphatic rings. The van der Waals surface area contributed by atoms with Crippen molar-refractivity contribution in [1.82, 2.24) is 4.90 Å². The summed E-state index contributed by atoms with van der Waals surface area (Å²) in [6.07, 6.45) is 1.13. The van der Waals surface area contributed by atoms with Crippen LogP contribution >= 0.6 is 0 Å². The van der Waals surface area contributed by atoms with Gasteiger partial charge in [-0.25, -0.2) is 8.42 Å². The number of rotatable bonds is 2. The number of aliphatic hydroxyl groups excluding tert-OH is 1. The average molecular weight is 281 g/mol. The molecular formula is C14H19NO3S. The van der Waals surface area contributed by atoms with Gasteiger partial charge in [0.05, 0.1) is 11.0 Å². The number of hydrogen-bond donors (Lipinski definition) is 1. The Bertz CT molecular complexity index is 567. The molecule has 2 heterocycles. The minimum atomic E-state index is -3.45. The summed E-state index contributed by atoms with van der Waals surface area (Å²) in [7, 11) is -3.45. The predicted molar refractivity (Wildman–Crippen MR) is 72.8 cm³/mol. The summed E-state index contributed by atoms with van der Waals surface area (Å²) < 4.78 is 25.4. The van der Waals surface area contributed by atoms with Crippen LogP contribution in [0, 0.1) is 6.92 Å². The van der Waals surface area contributed by atoms with Crippen molar-refractivity contribution in [1.29, 1.82) is 0 Å². The van der Waals surface area contributed by atoms with Gasteiger partial charge in [-0.3, -0.25) is 4.90 Å². The number of hydrogen-bond acceptors (Lipinski definition) is 4. The third-order valence-corrected chi connectivity index (χ3v) is 6.58. The summed E-state index contributed by atoms with van der Waals surface area (Å²) in [6, 6.07) is 6.90. The maximum Gasteiger partial charge on any atom is 0.185 e. The Balaban J connectivity index is 1.97. The lowest BCUT2D eigenvalue weighted by atomic mass is 10.1. The van der Waals surface area contributed by atoms with Gasteiger partial charge in [0.15, 0.2) is 9.84 Å². The van der Waals surface area contributed by atoms with Crippen molar-refractivity contribution < 1.29 is 13.5 Å². The lowest BCUT2D eigenvalue weighted by molar-refractivity contribution is 0.179. The second-order valence-electron chi connectivity index (χ2n) is 5.59. The fraction of sp³-hybridized carbons (Fsp3) is 0.571. The van der Waals surface area contributed by atoms with Gasteiger partial charge in [-0.1, -0.05) is 17.7 Å². The monoisotopic (exact) mass is 281 g/mol. The highest BCUT2D eigenvalue weighted by atomic mass is 32.2. The summed E-state index contributed by atoms with van der Waals surface area (Å²) in [5.74, 6) is 0. The van der Waals surface area contributed by atoms with Gasteiger partial charge in [0, 0.05) is 12.6 Å². The molecule has 104 valence electrons. The highest BCUT2D eigenvalue weighted by Gasteiger charge is 2.50. The Hall–Kier alpha value is -0.910. The van der Waals surface area contributed by atoms with E-state index in [1.165, 1.54) is 0 Å².